The fraction of sp³-hybridized carbons (Fsp3) is 0.308. The quantitative estimate of drug-likeness (QED) is 0.331. The van der Waals surface area contributed by atoms with Crippen molar-refractivity contribution in [3.05, 3.63) is 70.6 Å². The molecule has 1 atom stereocenters. The van der Waals surface area contributed by atoms with Gasteiger partial charge in [-0.3, -0.25) is 4.68 Å². The lowest BCUT2D eigenvalue weighted by molar-refractivity contribution is -0.137. The first kappa shape index (κ1) is 28.1. The summed E-state index contributed by atoms with van der Waals surface area (Å²) in [7, 11) is -1.87. The van der Waals surface area contributed by atoms with E-state index in [4.69, 9.17) is 11.6 Å². The van der Waals surface area contributed by atoms with Crippen LogP contribution in [0.4, 0.5) is 23.4 Å². The Morgan fingerprint density at radius 1 is 1.15 bits per heavy atom. The predicted molar refractivity (Wildman–Crippen MR) is 143 cm³/mol. The third-order valence-electron chi connectivity index (χ3n) is 6.98. The first-order valence-electron chi connectivity index (χ1n) is 12.1. The number of piperazine rings is 1. The average Bonchev–Trinajstić information content (AvgIpc) is 3.22. The summed E-state index contributed by atoms with van der Waals surface area (Å²) in [5.74, 6) is -2.14. The number of aromatic hydroxyl groups is 1. The van der Waals surface area contributed by atoms with Gasteiger partial charge in [0.2, 0.25) is 10.0 Å². The van der Waals surface area contributed by atoms with Gasteiger partial charge in [0.25, 0.3) is 0 Å². The average molecular weight is 598 g/mol. The molecule has 1 saturated heterocycles. The fourth-order valence-electron chi connectivity index (χ4n) is 4.99. The van der Waals surface area contributed by atoms with Crippen molar-refractivity contribution in [2.75, 3.05) is 30.8 Å². The molecule has 14 heteroatoms. The van der Waals surface area contributed by atoms with Gasteiger partial charge in [-0.1, -0.05) is 41.9 Å². The van der Waals surface area contributed by atoms with Gasteiger partial charge >= 0.3 is 6.18 Å². The first-order chi connectivity index (χ1) is 18.8. The molecule has 2 aromatic carbocycles. The van der Waals surface area contributed by atoms with E-state index in [1.807, 2.05) is 35.2 Å². The third-order valence-corrected chi connectivity index (χ3v) is 8.63. The van der Waals surface area contributed by atoms with Crippen molar-refractivity contribution in [2.24, 2.45) is 7.05 Å². The molecule has 1 aliphatic rings. The second kappa shape index (κ2) is 10.2. The van der Waals surface area contributed by atoms with Crippen LogP contribution in [0.2, 0.25) is 5.02 Å². The zero-order valence-electron chi connectivity index (χ0n) is 21.3. The molecule has 0 radical (unpaired) electrons. The van der Waals surface area contributed by atoms with Gasteiger partial charge in [0.15, 0.2) is 11.6 Å². The number of aryl methyl sites for hydroxylation is 1. The molecule has 5 rings (SSSR count). The highest BCUT2D eigenvalue weighted by molar-refractivity contribution is 7.88. The van der Waals surface area contributed by atoms with Crippen molar-refractivity contribution in [1.29, 1.82) is 0 Å². The molecule has 1 fully saturated rings. The number of aromatic nitrogens is 3. The van der Waals surface area contributed by atoms with E-state index in [0.717, 1.165) is 5.56 Å². The number of sulfonamides is 1. The van der Waals surface area contributed by atoms with Gasteiger partial charge in [-0.2, -0.15) is 22.6 Å². The zero-order valence-corrected chi connectivity index (χ0v) is 22.9. The molecule has 1 N–H and O–H groups in total. The number of hydrogen-bond acceptors (Lipinski definition) is 6. The highest BCUT2D eigenvalue weighted by atomic mass is 35.5. The van der Waals surface area contributed by atoms with Crippen LogP contribution >= 0.6 is 11.6 Å². The van der Waals surface area contributed by atoms with Gasteiger partial charge in [-0.15, -0.1) is 0 Å². The molecule has 4 aromatic rings. The maximum absolute atomic E-state index is 15.0. The van der Waals surface area contributed by atoms with E-state index in [2.05, 4.69) is 10.1 Å². The fourth-order valence-corrected chi connectivity index (χ4v) is 6.09. The summed E-state index contributed by atoms with van der Waals surface area (Å²) in [6.07, 6.45) is -1.84. The molecule has 0 bridgehead atoms. The minimum atomic E-state index is -4.94. The van der Waals surface area contributed by atoms with Crippen LogP contribution in [0.5, 0.6) is 5.75 Å². The molecule has 3 heterocycles. The Morgan fingerprint density at radius 2 is 1.85 bits per heavy atom. The summed E-state index contributed by atoms with van der Waals surface area (Å²) in [6.45, 7) is 0.831. The van der Waals surface area contributed by atoms with E-state index in [9.17, 15) is 31.1 Å². The highest BCUT2D eigenvalue weighted by Gasteiger charge is 2.37. The number of rotatable bonds is 5. The SMILES string of the molecule is Cn1nc(-c2cc(C(F)(F)F)c(Cl)c(O)c2F)c2cnc(N3CCN(S(C)(=O)=O)C[C@H]3Cc3ccccc3)cc21. The van der Waals surface area contributed by atoms with E-state index in [-0.39, 0.29) is 30.2 Å². The predicted octanol–water partition coefficient (Wildman–Crippen LogP) is 4.85. The molecular weight excluding hydrogens is 574 g/mol. The maximum Gasteiger partial charge on any atom is 0.418 e. The molecule has 0 unspecified atom stereocenters. The minimum absolute atomic E-state index is 0.144. The lowest BCUT2D eigenvalue weighted by Gasteiger charge is -2.41. The van der Waals surface area contributed by atoms with Crippen LogP contribution < -0.4 is 4.90 Å². The maximum atomic E-state index is 15.0. The largest absolute Gasteiger partial charge is 0.504 e. The number of alkyl halides is 3. The standard InChI is InChI=1S/C26H24ClF4N5O3S/c1-34-20-12-21(36-9-8-35(40(2,38)39)14-16(36)10-15-6-4-3-5-7-15)32-13-18(20)24(33-34)17-11-19(26(29,30)31)22(27)25(37)23(17)28/h3-7,11-13,16,37H,8-10,14H2,1-2H3/t16-/m1/s1. The summed E-state index contributed by atoms with van der Waals surface area (Å²) < 4.78 is 83.0. The Morgan fingerprint density at radius 3 is 2.50 bits per heavy atom. The number of phenols is 1. The molecule has 1 aliphatic heterocycles. The molecule has 8 nitrogen and oxygen atoms in total. The Hall–Kier alpha value is -3.42. The van der Waals surface area contributed by atoms with Crippen LogP contribution in [0.25, 0.3) is 22.2 Å². The number of anilines is 1. The van der Waals surface area contributed by atoms with Crippen LogP contribution in [-0.2, 0) is 29.7 Å². The molecule has 0 spiro atoms. The minimum Gasteiger partial charge on any atom is -0.504 e. The third kappa shape index (κ3) is 5.20. The van der Waals surface area contributed by atoms with Gasteiger partial charge in [-0.25, -0.2) is 17.8 Å². The lowest BCUT2D eigenvalue weighted by Crippen LogP contribution is -2.55. The molecule has 0 saturated carbocycles. The van der Waals surface area contributed by atoms with Crippen molar-refractivity contribution in [3.63, 3.8) is 0 Å². The topological polar surface area (TPSA) is 91.6 Å². The van der Waals surface area contributed by atoms with Crippen LogP contribution in [0, 0.1) is 5.82 Å². The molecular formula is C26H24ClF4N5O3S. The Balaban J connectivity index is 1.57. The van der Waals surface area contributed by atoms with Gasteiger partial charge < -0.3 is 10.0 Å². The van der Waals surface area contributed by atoms with Crippen molar-refractivity contribution >= 4 is 38.3 Å². The number of fused-ring (bicyclic) bond motifs is 1. The summed E-state index contributed by atoms with van der Waals surface area (Å²) in [4.78, 5) is 6.50. The van der Waals surface area contributed by atoms with Gasteiger partial charge in [0.1, 0.15) is 11.5 Å². The van der Waals surface area contributed by atoms with Crippen molar-refractivity contribution in [2.45, 2.75) is 18.6 Å². The van der Waals surface area contributed by atoms with E-state index in [0.29, 0.717) is 30.4 Å². The van der Waals surface area contributed by atoms with Gasteiger partial charge in [0.05, 0.1) is 22.4 Å². The number of phenolic OH excluding ortho intramolecular Hbond substituents is 1. The molecule has 212 valence electrons. The monoisotopic (exact) mass is 597 g/mol. The molecule has 40 heavy (non-hydrogen) atoms. The number of nitrogens with zero attached hydrogens (tertiary/aromatic N) is 5. The normalized spacial score (nSPS) is 17.1. The van der Waals surface area contributed by atoms with Gasteiger partial charge in [-0.05, 0) is 18.1 Å². The highest BCUT2D eigenvalue weighted by Crippen LogP contribution is 2.45. The van der Waals surface area contributed by atoms with E-state index in [1.165, 1.54) is 21.4 Å². The van der Waals surface area contributed by atoms with Crippen molar-refractivity contribution < 1.29 is 31.1 Å². The van der Waals surface area contributed by atoms with E-state index >= 15 is 0 Å². The summed E-state index contributed by atoms with van der Waals surface area (Å²) in [5, 5.41) is 13.4. The lowest BCUT2D eigenvalue weighted by atomic mass is 10.0. The zero-order chi connectivity index (χ0) is 29.0. The van der Waals surface area contributed by atoms with Gasteiger partial charge in [0, 0.05) is 55.9 Å². The van der Waals surface area contributed by atoms with Crippen molar-refractivity contribution in [3.8, 4) is 17.0 Å². The summed E-state index contributed by atoms with van der Waals surface area (Å²) in [6, 6.07) is 11.5. The number of pyridine rings is 1. The Bertz CT molecular complexity index is 1700. The summed E-state index contributed by atoms with van der Waals surface area (Å²) >= 11 is 5.59. The molecule has 2 aromatic heterocycles. The molecule has 0 amide bonds. The van der Waals surface area contributed by atoms with Crippen LogP contribution in [0.15, 0.2) is 48.7 Å². The van der Waals surface area contributed by atoms with Crippen LogP contribution in [0.1, 0.15) is 11.1 Å². The van der Waals surface area contributed by atoms with E-state index in [1.54, 1.807) is 13.1 Å². The van der Waals surface area contributed by atoms with E-state index < -0.39 is 43.9 Å². The number of hydrogen-bond donors (Lipinski definition) is 1. The second-order valence-corrected chi connectivity index (χ2v) is 12.0. The second-order valence-electron chi connectivity index (χ2n) is 9.64. The number of benzene rings is 2. The first-order valence-corrected chi connectivity index (χ1v) is 14.3. The summed E-state index contributed by atoms with van der Waals surface area (Å²) in [5.41, 5.74) is -0.645. The van der Waals surface area contributed by atoms with Crippen LogP contribution in [-0.4, -0.2) is 64.5 Å². The Kier molecular flexibility index (Phi) is 7.17. The smallest absolute Gasteiger partial charge is 0.418 e. The van der Waals surface area contributed by atoms with Crippen molar-refractivity contribution in [1.82, 2.24) is 19.1 Å². The molecule has 0 aliphatic carbocycles. The number of halogens is 5. The van der Waals surface area contributed by atoms with Crippen LogP contribution in [0.3, 0.4) is 0 Å². The Labute approximate surface area is 232 Å².